The zero-order chi connectivity index (χ0) is 26.2. The summed E-state index contributed by atoms with van der Waals surface area (Å²) in [6.07, 6.45) is 4.15. The summed E-state index contributed by atoms with van der Waals surface area (Å²) in [5.41, 5.74) is 7.26. The number of carbonyl (C=O) groups is 1. The zero-order valence-corrected chi connectivity index (χ0v) is 21.0. The van der Waals surface area contributed by atoms with E-state index < -0.39 is 6.09 Å². The molecule has 188 valence electrons. The number of rotatable bonds is 9. The van der Waals surface area contributed by atoms with Crippen molar-refractivity contribution in [3.05, 3.63) is 131 Å². The van der Waals surface area contributed by atoms with Gasteiger partial charge in [-0.15, -0.1) is 0 Å². The molecule has 0 saturated carbocycles. The van der Waals surface area contributed by atoms with E-state index in [1.807, 2.05) is 78.9 Å². The smallest absolute Gasteiger partial charge is 0.407 e. The molecule has 0 radical (unpaired) electrons. The van der Waals surface area contributed by atoms with Crippen LogP contribution in [0.1, 0.15) is 40.2 Å². The fourth-order valence-corrected chi connectivity index (χ4v) is 4.72. The highest BCUT2D eigenvalue weighted by molar-refractivity contribution is 5.79. The van der Waals surface area contributed by atoms with Gasteiger partial charge in [0.15, 0.2) is 0 Å². The van der Waals surface area contributed by atoms with Crippen molar-refractivity contribution in [1.29, 1.82) is 5.26 Å². The van der Waals surface area contributed by atoms with E-state index in [1.165, 1.54) is 22.3 Å². The third-order valence-corrected chi connectivity index (χ3v) is 6.60. The van der Waals surface area contributed by atoms with Gasteiger partial charge in [-0.25, -0.2) is 4.79 Å². The highest BCUT2D eigenvalue weighted by atomic mass is 16.5. The quantitative estimate of drug-likeness (QED) is 0.249. The largest absolute Gasteiger partial charge is 0.488 e. The summed E-state index contributed by atoms with van der Waals surface area (Å²) in [5, 5.41) is 12.2. The van der Waals surface area contributed by atoms with Gasteiger partial charge in [0.05, 0.1) is 5.56 Å². The van der Waals surface area contributed by atoms with Crippen molar-refractivity contribution in [2.45, 2.75) is 18.9 Å². The fourth-order valence-electron chi connectivity index (χ4n) is 4.72. The average Bonchev–Trinajstić information content (AvgIpc) is 3.29. The Kier molecular flexibility index (Phi) is 7.81. The van der Waals surface area contributed by atoms with Crippen LogP contribution in [0.5, 0.6) is 5.75 Å². The molecule has 5 rings (SSSR count). The third kappa shape index (κ3) is 5.77. The first-order chi connectivity index (χ1) is 18.7. The third-order valence-electron chi connectivity index (χ3n) is 6.60. The first kappa shape index (κ1) is 24.9. The molecule has 4 aromatic carbocycles. The minimum Gasteiger partial charge on any atom is -0.488 e. The number of hydrogen-bond donors (Lipinski definition) is 1. The summed E-state index contributed by atoms with van der Waals surface area (Å²) in [6, 6.07) is 34.1. The van der Waals surface area contributed by atoms with Gasteiger partial charge < -0.3 is 14.8 Å². The molecule has 38 heavy (non-hydrogen) atoms. The Bertz CT molecular complexity index is 1440. The van der Waals surface area contributed by atoms with Crippen molar-refractivity contribution in [3.63, 3.8) is 0 Å². The predicted octanol–water partition coefficient (Wildman–Crippen LogP) is 7.08. The van der Waals surface area contributed by atoms with Crippen molar-refractivity contribution in [1.82, 2.24) is 5.32 Å². The number of alkyl carbamates (subject to hydrolysis) is 1. The fraction of sp³-hybridized carbons (Fsp3) is 0.152. The number of hydrogen-bond acceptors (Lipinski definition) is 4. The van der Waals surface area contributed by atoms with Gasteiger partial charge in [-0.2, -0.15) is 5.26 Å². The summed E-state index contributed by atoms with van der Waals surface area (Å²) in [7, 11) is 0. The Morgan fingerprint density at radius 1 is 0.895 bits per heavy atom. The number of carbonyl (C=O) groups excluding carboxylic acids is 1. The second-order valence-corrected chi connectivity index (χ2v) is 9.09. The molecule has 0 spiro atoms. The van der Waals surface area contributed by atoms with Crippen LogP contribution in [0.2, 0.25) is 0 Å². The molecule has 0 saturated heterocycles. The minimum atomic E-state index is -0.421. The Hall–Kier alpha value is -4.82. The van der Waals surface area contributed by atoms with Gasteiger partial charge in [0.1, 0.15) is 25.0 Å². The van der Waals surface area contributed by atoms with E-state index in [9.17, 15) is 10.1 Å². The molecule has 0 unspecified atom stereocenters. The molecule has 0 aromatic heterocycles. The maximum Gasteiger partial charge on any atom is 0.407 e. The van der Waals surface area contributed by atoms with Gasteiger partial charge in [0.2, 0.25) is 0 Å². The van der Waals surface area contributed by atoms with Gasteiger partial charge in [-0.3, -0.25) is 0 Å². The normalized spacial score (nSPS) is 12.0. The molecule has 0 atom stereocenters. The Balaban J connectivity index is 1.10. The molecule has 0 aliphatic heterocycles. The first-order valence-electron chi connectivity index (χ1n) is 12.7. The molecular weight excluding hydrogens is 472 g/mol. The van der Waals surface area contributed by atoms with Crippen LogP contribution in [-0.4, -0.2) is 19.2 Å². The molecule has 0 bridgehead atoms. The lowest BCUT2D eigenvalue weighted by molar-refractivity contribution is 0.143. The van der Waals surface area contributed by atoms with E-state index in [2.05, 4.69) is 35.7 Å². The van der Waals surface area contributed by atoms with E-state index in [0.717, 1.165) is 11.1 Å². The van der Waals surface area contributed by atoms with Crippen LogP contribution in [0.25, 0.3) is 17.2 Å². The van der Waals surface area contributed by atoms with E-state index in [-0.39, 0.29) is 5.92 Å². The second kappa shape index (κ2) is 11.9. The first-order valence-corrected chi connectivity index (χ1v) is 12.7. The Morgan fingerprint density at radius 3 is 2.29 bits per heavy atom. The number of benzene rings is 4. The number of nitrogens with zero attached hydrogens (tertiary/aromatic N) is 1. The molecule has 5 nitrogen and oxygen atoms in total. The van der Waals surface area contributed by atoms with Gasteiger partial charge in [-0.05, 0) is 51.9 Å². The molecule has 1 aliphatic carbocycles. The van der Waals surface area contributed by atoms with Crippen molar-refractivity contribution >= 4 is 12.2 Å². The average molecular weight is 501 g/mol. The number of amides is 1. The van der Waals surface area contributed by atoms with Crippen molar-refractivity contribution in [2.75, 3.05) is 13.2 Å². The van der Waals surface area contributed by atoms with Crippen LogP contribution in [0, 0.1) is 11.3 Å². The molecule has 0 heterocycles. The Labute approximate surface area is 223 Å². The van der Waals surface area contributed by atoms with E-state index in [4.69, 9.17) is 9.47 Å². The lowest BCUT2D eigenvalue weighted by Gasteiger charge is -2.14. The Morgan fingerprint density at radius 2 is 1.58 bits per heavy atom. The SMILES string of the molecule is N#Cc1ccc(C=CCCNC(=O)OCC2c3ccccc3-c3ccccc32)cc1OCc1ccccc1. The van der Waals surface area contributed by atoms with Crippen LogP contribution in [-0.2, 0) is 11.3 Å². The van der Waals surface area contributed by atoms with E-state index in [1.54, 1.807) is 6.07 Å². The summed E-state index contributed by atoms with van der Waals surface area (Å²) < 4.78 is 11.5. The molecule has 1 amide bonds. The summed E-state index contributed by atoms with van der Waals surface area (Å²) in [6.45, 7) is 1.15. The van der Waals surface area contributed by atoms with Crippen LogP contribution in [0.4, 0.5) is 4.79 Å². The van der Waals surface area contributed by atoms with Gasteiger partial charge >= 0.3 is 6.09 Å². The van der Waals surface area contributed by atoms with Crippen LogP contribution in [0.15, 0.2) is 103 Å². The number of ether oxygens (including phenoxy) is 2. The number of nitriles is 1. The van der Waals surface area contributed by atoms with Crippen LogP contribution >= 0.6 is 0 Å². The van der Waals surface area contributed by atoms with Crippen molar-refractivity contribution in [3.8, 4) is 22.9 Å². The van der Waals surface area contributed by atoms with Gasteiger partial charge in [0.25, 0.3) is 0 Å². The molecule has 0 fully saturated rings. The van der Waals surface area contributed by atoms with E-state index >= 15 is 0 Å². The van der Waals surface area contributed by atoms with Crippen LogP contribution in [0.3, 0.4) is 0 Å². The molecule has 4 aromatic rings. The lowest BCUT2D eigenvalue weighted by atomic mass is 9.98. The highest BCUT2D eigenvalue weighted by Crippen LogP contribution is 2.44. The maximum atomic E-state index is 12.4. The lowest BCUT2D eigenvalue weighted by Crippen LogP contribution is -2.26. The minimum absolute atomic E-state index is 0.0442. The number of nitrogens with one attached hydrogen (secondary N) is 1. The second-order valence-electron chi connectivity index (χ2n) is 9.09. The maximum absolute atomic E-state index is 12.4. The monoisotopic (exact) mass is 500 g/mol. The van der Waals surface area contributed by atoms with Gasteiger partial charge in [-0.1, -0.05) is 97.1 Å². The molecule has 5 heteroatoms. The standard InChI is InChI=1S/C33H28N2O3/c34-21-26-18-17-24(20-32(26)37-22-25-11-2-1-3-12-25)10-8-9-19-35-33(36)38-23-31-29-15-6-4-13-27(29)28-14-5-7-16-30(28)31/h1-8,10-18,20,31H,9,19,22-23H2,(H,35,36). The zero-order valence-electron chi connectivity index (χ0n) is 21.0. The number of fused-ring (bicyclic) bond motifs is 3. The summed E-state index contributed by atoms with van der Waals surface area (Å²) in [4.78, 5) is 12.4. The predicted molar refractivity (Wildman–Crippen MR) is 149 cm³/mol. The summed E-state index contributed by atoms with van der Waals surface area (Å²) in [5.74, 6) is 0.595. The van der Waals surface area contributed by atoms with Gasteiger partial charge in [0, 0.05) is 12.5 Å². The molecular formula is C33H28N2O3. The molecule has 1 N–H and O–H groups in total. The van der Waals surface area contributed by atoms with Crippen molar-refractivity contribution in [2.24, 2.45) is 0 Å². The van der Waals surface area contributed by atoms with Crippen LogP contribution < -0.4 is 10.1 Å². The topological polar surface area (TPSA) is 71.4 Å². The molecule has 1 aliphatic rings. The van der Waals surface area contributed by atoms with Crippen molar-refractivity contribution < 1.29 is 14.3 Å². The van der Waals surface area contributed by atoms with E-state index in [0.29, 0.717) is 37.5 Å². The summed E-state index contributed by atoms with van der Waals surface area (Å²) >= 11 is 0. The highest BCUT2D eigenvalue weighted by Gasteiger charge is 2.28.